The summed E-state index contributed by atoms with van der Waals surface area (Å²) in [6.45, 7) is 5.49. The van der Waals surface area contributed by atoms with Crippen molar-refractivity contribution < 1.29 is 14.5 Å². The molecule has 0 aliphatic rings. The van der Waals surface area contributed by atoms with E-state index in [-0.39, 0.29) is 36.3 Å². The van der Waals surface area contributed by atoms with E-state index < -0.39 is 34.5 Å². The fourth-order valence-corrected chi connectivity index (χ4v) is 2.91. The van der Waals surface area contributed by atoms with E-state index >= 15 is 0 Å². The summed E-state index contributed by atoms with van der Waals surface area (Å²) in [5, 5.41) is 11.1. The molecule has 0 aromatic carbocycles. The molecule has 0 bridgehead atoms. The van der Waals surface area contributed by atoms with Gasteiger partial charge in [-0.3, -0.25) is 19.1 Å². The third-order valence-corrected chi connectivity index (χ3v) is 4.34. The van der Waals surface area contributed by atoms with Crippen molar-refractivity contribution in [3.63, 3.8) is 0 Å². The molecule has 3 N–H and O–H groups in total. The van der Waals surface area contributed by atoms with Crippen LogP contribution in [0.1, 0.15) is 33.6 Å². The van der Waals surface area contributed by atoms with E-state index in [2.05, 4.69) is 9.97 Å². The first-order chi connectivity index (χ1) is 14.7. The standard InChI is InChI=1S/C19H26N6O6/c1-4-5-9-23(14(26)11-31-13-7-6-8-21-17(13)25(29)30)15-16(20)24(10-12(2)3)19(28)22-18(15)27/h6-8,12H,4-5,9-11,20H2,1-3H3,(H,22,27,28). The van der Waals surface area contributed by atoms with Gasteiger partial charge in [0.25, 0.3) is 11.5 Å². The molecule has 0 spiro atoms. The van der Waals surface area contributed by atoms with Gasteiger partial charge in [-0.25, -0.2) is 4.79 Å². The lowest BCUT2D eigenvalue weighted by atomic mass is 10.2. The van der Waals surface area contributed by atoms with Crippen LogP contribution in [0.25, 0.3) is 0 Å². The number of aromatic amines is 1. The van der Waals surface area contributed by atoms with Gasteiger partial charge in [0.1, 0.15) is 12.0 Å². The number of amides is 1. The van der Waals surface area contributed by atoms with Crippen molar-refractivity contribution in [3.8, 4) is 5.75 Å². The summed E-state index contributed by atoms with van der Waals surface area (Å²) in [5.74, 6) is -1.41. The molecule has 31 heavy (non-hydrogen) atoms. The Kier molecular flexibility index (Phi) is 7.88. The molecule has 2 heterocycles. The Balaban J connectivity index is 2.40. The number of nitrogen functional groups attached to an aromatic ring is 1. The summed E-state index contributed by atoms with van der Waals surface area (Å²) < 4.78 is 6.53. The minimum atomic E-state index is -0.792. The van der Waals surface area contributed by atoms with Crippen molar-refractivity contribution in [2.45, 2.75) is 40.2 Å². The summed E-state index contributed by atoms with van der Waals surface area (Å²) in [7, 11) is 0. The zero-order valence-electron chi connectivity index (χ0n) is 17.7. The molecule has 0 aliphatic heterocycles. The molecule has 1 amide bonds. The average Bonchev–Trinajstić information content (AvgIpc) is 2.71. The summed E-state index contributed by atoms with van der Waals surface area (Å²) in [4.78, 5) is 55.0. The second kappa shape index (κ2) is 10.4. The predicted octanol–water partition coefficient (Wildman–Crippen LogP) is 1.29. The number of nitro groups is 1. The highest BCUT2D eigenvalue weighted by atomic mass is 16.6. The van der Waals surface area contributed by atoms with Gasteiger partial charge in [0, 0.05) is 13.1 Å². The van der Waals surface area contributed by atoms with Crippen molar-refractivity contribution in [2.75, 3.05) is 23.8 Å². The maximum atomic E-state index is 12.9. The number of anilines is 2. The quantitative estimate of drug-likeness (QED) is 0.417. The highest BCUT2D eigenvalue weighted by Crippen LogP contribution is 2.24. The number of H-pyrrole nitrogens is 1. The van der Waals surface area contributed by atoms with E-state index in [4.69, 9.17) is 10.5 Å². The monoisotopic (exact) mass is 434 g/mol. The summed E-state index contributed by atoms with van der Waals surface area (Å²) in [6.07, 6.45) is 2.52. The molecule has 0 aliphatic carbocycles. The second-order valence-electron chi connectivity index (χ2n) is 7.27. The third kappa shape index (κ3) is 5.68. The highest BCUT2D eigenvalue weighted by molar-refractivity contribution is 5.96. The number of aromatic nitrogens is 3. The van der Waals surface area contributed by atoms with E-state index in [0.29, 0.717) is 6.42 Å². The number of hydrogen-bond donors (Lipinski definition) is 2. The van der Waals surface area contributed by atoms with Crippen molar-refractivity contribution in [1.82, 2.24) is 14.5 Å². The molecular formula is C19H26N6O6. The Morgan fingerprint density at radius 2 is 2.13 bits per heavy atom. The number of hydrogen-bond acceptors (Lipinski definition) is 8. The highest BCUT2D eigenvalue weighted by Gasteiger charge is 2.25. The number of carbonyl (C=O) groups is 1. The van der Waals surface area contributed by atoms with E-state index in [9.17, 15) is 24.5 Å². The molecular weight excluding hydrogens is 408 g/mol. The van der Waals surface area contributed by atoms with Gasteiger partial charge >= 0.3 is 11.5 Å². The maximum Gasteiger partial charge on any atom is 0.406 e. The lowest BCUT2D eigenvalue weighted by Gasteiger charge is -2.24. The molecule has 2 aromatic rings. The molecule has 0 fully saturated rings. The first kappa shape index (κ1) is 23.6. The lowest BCUT2D eigenvalue weighted by molar-refractivity contribution is -0.390. The Morgan fingerprint density at radius 3 is 2.74 bits per heavy atom. The first-order valence-corrected chi connectivity index (χ1v) is 9.82. The molecule has 0 atom stereocenters. The van der Waals surface area contributed by atoms with Gasteiger partial charge in [-0.05, 0) is 34.4 Å². The summed E-state index contributed by atoms with van der Waals surface area (Å²) >= 11 is 0. The number of nitrogens with zero attached hydrogens (tertiary/aromatic N) is 4. The normalized spacial score (nSPS) is 10.8. The molecule has 0 unspecified atom stereocenters. The minimum absolute atomic E-state index is 0.0630. The van der Waals surface area contributed by atoms with Gasteiger partial charge in [0.15, 0.2) is 12.3 Å². The number of unbranched alkanes of at least 4 members (excludes halogenated alkanes) is 1. The summed E-state index contributed by atoms with van der Waals surface area (Å²) in [5.41, 5.74) is 4.52. The molecule has 0 radical (unpaired) electrons. The van der Waals surface area contributed by atoms with Crippen molar-refractivity contribution in [2.24, 2.45) is 5.92 Å². The molecule has 0 saturated heterocycles. The van der Waals surface area contributed by atoms with Crippen molar-refractivity contribution in [3.05, 3.63) is 49.3 Å². The molecule has 12 nitrogen and oxygen atoms in total. The molecule has 2 rings (SSSR count). The van der Waals surface area contributed by atoms with Crippen molar-refractivity contribution >= 4 is 23.2 Å². The SMILES string of the molecule is CCCCN(C(=O)COc1cccnc1[N+](=O)[O-])c1c(N)n(CC(C)C)c(=O)[nH]c1=O. The zero-order chi connectivity index (χ0) is 23.1. The average molecular weight is 434 g/mol. The van der Waals surface area contributed by atoms with Crippen LogP contribution in [0.5, 0.6) is 5.75 Å². The largest absolute Gasteiger partial charge is 0.476 e. The Bertz CT molecular complexity index is 1060. The number of nitrogens with two attached hydrogens (primary N) is 1. The second-order valence-corrected chi connectivity index (χ2v) is 7.27. The van der Waals surface area contributed by atoms with Gasteiger partial charge in [0.05, 0.1) is 0 Å². The third-order valence-electron chi connectivity index (χ3n) is 4.34. The van der Waals surface area contributed by atoms with Crippen LogP contribution < -0.4 is 26.6 Å². The fourth-order valence-electron chi connectivity index (χ4n) is 2.91. The number of carbonyl (C=O) groups excluding carboxylic acids is 1. The van der Waals surface area contributed by atoms with Crippen LogP contribution in [0, 0.1) is 16.0 Å². The molecule has 0 saturated carbocycles. The zero-order valence-corrected chi connectivity index (χ0v) is 17.7. The first-order valence-electron chi connectivity index (χ1n) is 9.82. The summed E-state index contributed by atoms with van der Waals surface area (Å²) in [6, 6.07) is 2.75. The van der Waals surface area contributed by atoms with Crippen LogP contribution in [0.2, 0.25) is 0 Å². The number of pyridine rings is 1. The number of nitrogens with one attached hydrogen (secondary N) is 1. The molecule has 168 valence electrons. The van der Waals surface area contributed by atoms with Crippen LogP contribution in [-0.2, 0) is 11.3 Å². The molecule has 12 heteroatoms. The van der Waals surface area contributed by atoms with Crippen LogP contribution in [-0.4, -0.2) is 38.5 Å². The molecule has 2 aromatic heterocycles. The van der Waals surface area contributed by atoms with Gasteiger partial charge in [-0.15, -0.1) is 0 Å². The van der Waals surface area contributed by atoms with E-state index in [1.54, 1.807) is 0 Å². The lowest BCUT2D eigenvalue weighted by Crippen LogP contribution is -2.43. The van der Waals surface area contributed by atoms with Gasteiger partial charge < -0.3 is 25.5 Å². The van der Waals surface area contributed by atoms with E-state index in [1.165, 1.54) is 22.9 Å². The fraction of sp³-hybridized carbons (Fsp3) is 0.474. The minimum Gasteiger partial charge on any atom is -0.476 e. The van der Waals surface area contributed by atoms with Crippen LogP contribution in [0.4, 0.5) is 17.3 Å². The smallest absolute Gasteiger partial charge is 0.406 e. The Labute approximate surface area is 177 Å². The van der Waals surface area contributed by atoms with Crippen molar-refractivity contribution in [1.29, 1.82) is 0 Å². The van der Waals surface area contributed by atoms with Crippen LogP contribution in [0.15, 0.2) is 27.9 Å². The number of ether oxygens (including phenoxy) is 1. The predicted molar refractivity (Wildman–Crippen MR) is 114 cm³/mol. The van der Waals surface area contributed by atoms with Gasteiger partial charge in [0.2, 0.25) is 5.75 Å². The van der Waals surface area contributed by atoms with Gasteiger partial charge in [-0.2, -0.15) is 0 Å². The van der Waals surface area contributed by atoms with E-state index in [0.717, 1.165) is 11.3 Å². The van der Waals surface area contributed by atoms with Crippen LogP contribution in [0.3, 0.4) is 0 Å². The Morgan fingerprint density at radius 1 is 1.42 bits per heavy atom. The van der Waals surface area contributed by atoms with E-state index in [1.807, 2.05) is 20.8 Å². The number of rotatable bonds is 10. The maximum absolute atomic E-state index is 12.9. The van der Waals surface area contributed by atoms with Crippen LogP contribution >= 0.6 is 0 Å². The Hall–Kier alpha value is -3.70. The topological polar surface area (TPSA) is 166 Å². The van der Waals surface area contributed by atoms with Gasteiger partial charge in [-0.1, -0.05) is 27.2 Å².